The van der Waals surface area contributed by atoms with E-state index in [2.05, 4.69) is 27.7 Å². The maximum absolute atomic E-state index is 12.3. The summed E-state index contributed by atoms with van der Waals surface area (Å²) in [5, 5.41) is 5.13. The van der Waals surface area contributed by atoms with Gasteiger partial charge in [-0.3, -0.25) is 19.3 Å². The Morgan fingerprint density at radius 1 is 0.759 bits per heavy atom. The highest BCUT2D eigenvalue weighted by molar-refractivity contribution is 5.96. The summed E-state index contributed by atoms with van der Waals surface area (Å²) in [5.41, 5.74) is 1.75. The van der Waals surface area contributed by atoms with E-state index in [4.69, 9.17) is 0 Å². The van der Waals surface area contributed by atoms with Gasteiger partial charge in [0, 0.05) is 38.3 Å². The van der Waals surface area contributed by atoms with Crippen LogP contribution in [-0.2, 0) is 16.1 Å². The second-order valence-corrected chi connectivity index (χ2v) is 6.97. The standard InChI is InChI=1S/C22H26N4O3/c27-20(15-24-22(29)19-9-5-2-6-10-19)23-16-21(28)26-13-11-25(12-14-26)17-18-7-3-1-4-8-18/h1-10H,11-17H2,(H,23,27)(H,24,29). The van der Waals surface area contributed by atoms with Gasteiger partial charge < -0.3 is 15.5 Å². The van der Waals surface area contributed by atoms with Gasteiger partial charge in [0.05, 0.1) is 13.1 Å². The van der Waals surface area contributed by atoms with Crippen LogP contribution in [0.4, 0.5) is 0 Å². The quantitative estimate of drug-likeness (QED) is 0.730. The fourth-order valence-corrected chi connectivity index (χ4v) is 3.20. The van der Waals surface area contributed by atoms with Crippen LogP contribution in [0, 0.1) is 0 Å². The normalized spacial score (nSPS) is 14.3. The summed E-state index contributed by atoms with van der Waals surface area (Å²) < 4.78 is 0. The monoisotopic (exact) mass is 394 g/mol. The van der Waals surface area contributed by atoms with Gasteiger partial charge in [-0.2, -0.15) is 0 Å². The van der Waals surface area contributed by atoms with Crippen molar-refractivity contribution in [3.63, 3.8) is 0 Å². The number of rotatable bonds is 7. The summed E-state index contributed by atoms with van der Waals surface area (Å²) in [5.74, 6) is -0.806. The van der Waals surface area contributed by atoms with Crippen molar-refractivity contribution in [3.05, 3.63) is 71.8 Å². The Kier molecular flexibility index (Phi) is 7.35. The molecule has 0 bridgehead atoms. The molecule has 2 N–H and O–H groups in total. The van der Waals surface area contributed by atoms with Crippen molar-refractivity contribution in [2.45, 2.75) is 6.54 Å². The Morgan fingerprint density at radius 3 is 2.03 bits per heavy atom. The average Bonchev–Trinajstić information content (AvgIpc) is 2.77. The topological polar surface area (TPSA) is 81.8 Å². The molecule has 0 aromatic heterocycles. The first-order valence-electron chi connectivity index (χ1n) is 9.76. The molecule has 1 fully saturated rings. The zero-order chi connectivity index (χ0) is 20.5. The molecule has 3 rings (SSSR count). The van der Waals surface area contributed by atoms with Crippen LogP contribution in [0.3, 0.4) is 0 Å². The van der Waals surface area contributed by atoms with E-state index in [1.807, 2.05) is 24.3 Å². The molecule has 0 atom stereocenters. The predicted molar refractivity (Wildman–Crippen MR) is 110 cm³/mol. The van der Waals surface area contributed by atoms with Gasteiger partial charge in [0.25, 0.3) is 5.91 Å². The van der Waals surface area contributed by atoms with Gasteiger partial charge >= 0.3 is 0 Å². The molecule has 0 spiro atoms. The van der Waals surface area contributed by atoms with E-state index in [1.54, 1.807) is 29.2 Å². The fourth-order valence-electron chi connectivity index (χ4n) is 3.20. The molecule has 2 aromatic rings. The van der Waals surface area contributed by atoms with Gasteiger partial charge in [0.2, 0.25) is 11.8 Å². The Morgan fingerprint density at radius 2 is 1.38 bits per heavy atom. The molecule has 152 valence electrons. The smallest absolute Gasteiger partial charge is 0.251 e. The average molecular weight is 394 g/mol. The molecular weight excluding hydrogens is 368 g/mol. The number of piperazine rings is 1. The first-order valence-corrected chi connectivity index (χ1v) is 9.76. The summed E-state index contributed by atoms with van der Waals surface area (Å²) >= 11 is 0. The molecular formula is C22H26N4O3. The molecule has 1 aliphatic rings. The molecule has 2 aromatic carbocycles. The number of nitrogens with zero attached hydrogens (tertiary/aromatic N) is 2. The molecule has 3 amide bonds. The van der Waals surface area contributed by atoms with Crippen LogP contribution in [0.1, 0.15) is 15.9 Å². The van der Waals surface area contributed by atoms with E-state index in [9.17, 15) is 14.4 Å². The van der Waals surface area contributed by atoms with Gasteiger partial charge in [-0.1, -0.05) is 48.5 Å². The highest BCUT2D eigenvalue weighted by Crippen LogP contribution is 2.08. The molecule has 1 aliphatic heterocycles. The lowest BCUT2D eigenvalue weighted by molar-refractivity contribution is -0.134. The number of carbonyl (C=O) groups excluding carboxylic acids is 3. The van der Waals surface area contributed by atoms with E-state index in [0.717, 1.165) is 19.6 Å². The third kappa shape index (κ3) is 6.43. The second-order valence-electron chi connectivity index (χ2n) is 6.97. The first kappa shape index (κ1) is 20.5. The van der Waals surface area contributed by atoms with Crippen molar-refractivity contribution in [2.75, 3.05) is 39.3 Å². The first-order chi connectivity index (χ1) is 14.1. The highest BCUT2D eigenvalue weighted by Gasteiger charge is 2.21. The summed E-state index contributed by atoms with van der Waals surface area (Å²) in [7, 11) is 0. The van der Waals surface area contributed by atoms with Crippen molar-refractivity contribution in [3.8, 4) is 0 Å². The van der Waals surface area contributed by atoms with Crippen molar-refractivity contribution < 1.29 is 14.4 Å². The minimum atomic E-state index is -0.384. The van der Waals surface area contributed by atoms with Crippen LogP contribution in [0.5, 0.6) is 0 Å². The summed E-state index contributed by atoms with van der Waals surface area (Å²) in [6.45, 7) is 3.56. The molecule has 1 saturated heterocycles. The zero-order valence-corrected chi connectivity index (χ0v) is 16.3. The van der Waals surface area contributed by atoms with E-state index >= 15 is 0 Å². The number of benzene rings is 2. The predicted octanol–water partition coefficient (Wildman–Crippen LogP) is 0.877. The van der Waals surface area contributed by atoms with Crippen molar-refractivity contribution in [1.82, 2.24) is 20.4 Å². The van der Waals surface area contributed by atoms with E-state index in [0.29, 0.717) is 18.7 Å². The van der Waals surface area contributed by atoms with Gasteiger partial charge in [-0.15, -0.1) is 0 Å². The second kappa shape index (κ2) is 10.4. The summed E-state index contributed by atoms with van der Waals surface area (Å²) in [6.07, 6.45) is 0. The lowest BCUT2D eigenvalue weighted by Gasteiger charge is -2.34. The van der Waals surface area contributed by atoms with Crippen molar-refractivity contribution in [2.24, 2.45) is 0 Å². The van der Waals surface area contributed by atoms with Gasteiger partial charge in [-0.25, -0.2) is 0 Å². The molecule has 7 heteroatoms. The highest BCUT2D eigenvalue weighted by atomic mass is 16.2. The van der Waals surface area contributed by atoms with Crippen molar-refractivity contribution in [1.29, 1.82) is 0 Å². The lowest BCUT2D eigenvalue weighted by Crippen LogP contribution is -2.51. The summed E-state index contributed by atoms with van der Waals surface area (Å²) in [4.78, 5) is 40.3. The van der Waals surface area contributed by atoms with Crippen molar-refractivity contribution >= 4 is 17.7 Å². The number of nitrogens with one attached hydrogen (secondary N) is 2. The maximum Gasteiger partial charge on any atom is 0.251 e. The molecule has 0 aliphatic carbocycles. The van der Waals surface area contributed by atoms with Crippen LogP contribution >= 0.6 is 0 Å². The SMILES string of the molecule is O=C(CNC(=O)c1ccccc1)NCC(=O)N1CCN(Cc2ccccc2)CC1. The van der Waals surface area contributed by atoms with Crippen LogP contribution in [-0.4, -0.2) is 66.8 Å². The Balaban J connectivity index is 1.33. The lowest BCUT2D eigenvalue weighted by atomic mass is 10.2. The molecule has 0 unspecified atom stereocenters. The number of hydrogen-bond donors (Lipinski definition) is 2. The minimum absolute atomic E-state index is 0.0568. The molecule has 1 heterocycles. The number of carbonyl (C=O) groups is 3. The van der Waals surface area contributed by atoms with Gasteiger partial charge in [0.15, 0.2) is 0 Å². The number of amides is 3. The third-order valence-electron chi connectivity index (χ3n) is 4.86. The zero-order valence-electron chi connectivity index (χ0n) is 16.3. The molecule has 0 saturated carbocycles. The fraction of sp³-hybridized carbons (Fsp3) is 0.318. The van der Waals surface area contributed by atoms with Gasteiger partial charge in [-0.05, 0) is 17.7 Å². The van der Waals surface area contributed by atoms with E-state index < -0.39 is 0 Å². The minimum Gasteiger partial charge on any atom is -0.345 e. The van der Waals surface area contributed by atoms with Crippen LogP contribution in [0.2, 0.25) is 0 Å². The molecule has 29 heavy (non-hydrogen) atoms. The Labute approximate surface area is 170 Å². The Hall–Kier alpha value is -3.19. The van der Waals surface area contributed by atoms with Crippen LogP contribution in [0.15, 0.2) is 60.7 Å². The number of hydrogen-bond acceptors (Lipinski definition) is 4. The largest absolute Gasteiger partial charge is 0.345 e. The van der Waals surface area contributed by atoms with Crippen LogP contribution in [0.25, 0.3) is 0 Å². The van der Waals surface area contributed by atoms with E-state index in [-0.39, 0.29) is 30.8 Å². The summed E-state index contributed by atoms with van der Waals surface area (Å²) in [6, 6.07) is 18.9. The molecule has 7 nitrogen and oxygen atoms in total. The molecule has 0 radical (unpaired) electrons. The van der Waals surface area contributed by atoms with Gasteiger partial charge in [0.1, 0.15) is 0 Å². The maximum atomic E-state index is 12.3. The van der Waals surface area contributed by atoms with Crippen LogP contribution < -0.4 is 10.6 Å². The third-order valence-corrected chi connectivity index (χ3v) is 4.86. The Bertz CT molecular complexity index is 818. The van der Waals surface area contributed by atoms with E-state index in [1.165, 1.54) is 5.56 Å².